The highest BCUT2D eigenvalue weighted by Crippen LogP contribution is 2.09. The highest BCUT2D eigenvalue weighted by atomic mass is 32.2. The summed E-state index contributed by atoms with van der Waals surface area (Å²) in [6, 6.07) is 10.3. The van der Waals surface area contributed by atoms with Crippen LogP contribution in [0.5, 0.6) is 0 Å². The van der Waals surface area contributed by atoms with Crippen LogP contribution < -0.4 is 5.32 Å². The van der Waals surface area contributed by atoms with E-state index >= 15 is 0 Å². The largest absolute Gasteiger partial charge is 0.311 e. The van der Waals surface area contributed by atoms with Gasteiger partial charge in [0.05, 0.1) is 6.26 Å². The smallest absolute Gasteiger partial charge is 0.211 e. The molecule has 1 heterocycles. The Morgan fingerprint density at radius 3 is 2.71 bits per heavy atom. The Hall–Kier alpha value is -0.910. The van der Waals surface area contributed by atoms with Crippen molar-refractivity contribution in [1.29, 1.82) is 0 Å². The molecule has 0 amide bonds. The second-order valence-corrected chi connectivity index (χ2v) is 6.44. The molecule has 0 spiro atoms. The Labute approximate surface area is 103 Å². The second-order valence-electron chi connectivity index (χ2n) is 4.46. The van der Waals surface area contributed by atoms with E-state index in [0.29, 0.717) is 13.1 Å². The van der Waals surface area contributed by atoms with E-state index in [9.17, 15) is 8.42 Å². The molecule has 1 N–H and O–H groups in total. The quantitative estimate of drug-likeness (QED) is 0.852. The Bertz CT molecular complexity index is 459. The van der Waals surface area contributed by atoms with Gasteiger partial charge in [-0.25, -0.2) is 8.42 Å². The molecular weight excluding hydrogens is 236 g/mol. The van der Waals surface area contributed by atoms with Crippen LogP contribution in [0, 0.1) is 0 Å². The molecule has 0 bridgehead atoms. The van der Waals surface area contributed by atoms with Crippen LogP contribution in [0.3, 0.4) is 0 Å². The number of hydrogen-bond acceptors (Lipinski definition) is 3. The molecule has 0 saturated carbocycles. The van der Waals surface area contributed by atoms with E-state index in [1.165, 1.54) is 11.8 Å². The van der Waals surface area contributed by atoms with Gasteiger partial charge in [0.1, 0.15) is 0 Å². The minimum absolute atomic E-state index is 0.209. The maximum absolute atomic E-state index is 11.5. The summed E-state index contributed by atoms with van der Waals surface area (Å²) in [7, 11) is -3.06. The van der Waals surface area contributed by atoms with Crippen molar-refractivity contribution in [1.82, 2.24) is 9.62 Å². The predicted octanol–water partition coefficient (Wildman–Crippen LogP) is 0.462. The third-order valence-corrected chi connectivity index (χ3v) is 4.28. The van der Waals surface area contributed by atoms with Gasteiger partial charge >= 0.3 is 0 Å². The van der Waals surface area contributed by atoms with Gasteiger partial charge in [0.25, 0.3) is 0 Å². The van der Waals surface area contributed by atoms with Crippen LogP contribution in [0.25, 0.3) is 0 Å². The molecule has 0 radical (unpaired) electrons. The Morgan fingerprint density at radius 2 is 2.06 bits per heavy atom. The van der Waals surface area contributed by atoms with Crippen molar-refractivity contribution in [3.63, 3.8) is 0 Å². The predicted molar refractivity (Wildman–Crippen MR) is 68.4 cm³/mol. The van der Waals surface area contributed by atoms with Gasteiger partial charge in [0.2, 0.25) is 10.0 Å². The van der Waals surface area contributed by atoms with Crippen molar-refractivity contribution in [2.24, 2.45) is 0 Å². The molecule has 4 nitrogen and oxygen atoms in total. The average Bonchev–Trinajstić information content (AvgIpc) is 2.29. The van der Waals surface area contributed by atoms with Gasteiger partial charge in [-0.1, -0.05) is 30.3 Å². The molecule has 1 saturated heterocycles. The standard InChI is InChI=1S/C12H18N2O2S/c1-17(15,16)14-8-7-13-12(10-14)9-11-5-3-2-4-6-11/h2-6,12-13H,7-10H2,1H3/t12-/m1/s1. The lowest BCUT2D eigenvalue weighted by Gasteiger charge is -2.32. The molecule has 1 aliphatic heterocycles. The van der Waals surface area contributed by atoms with E-state index in [0.717, 1.165) is 13.0 Å². The van der Waals surface area contributed by atoms with Crippen LogP contribution in [0.1, 0.15) is 5.56 Å². The van der Waals surface area contributed by atoms with Gasteiger partial charge in [-0.05, 0) is 12.0 Å². The zero-order valence-electron chi connectivity index (χ0n) is 9.96. The van der Waals surface area contributed by atoms with Gasteiger partial charge in [0.15, 0.2) is 0 Å². The molecule has 1 fully saturated rings. The van der Waals surface area contributed by atoms with Crippen molar-refractivity contribution in [3.05, 3.63) is 35.9 Å². The monoisotopic (exact) mass is 254 g/mol. The summed E-state index contributed by atoms with van der Waals surface area (Å²) in [4.78, 5) is 0. The molecule has 94 valence electrons. The Balaban J connectivity index is 1.99. The third-order valence-electron chi connectivity index (χ3n) is 3.01. The van der Waals surface area contributed by atoms with E-state index < -0.39 is 10.0 Å². The van der Waals surface area contributed by atoms with Gasteiger partial charge < -0.3 is 5.32 Å². The first-order chi connectivity index (χ1) is 8.05. The topological polar surface area (TPSA) is 49.4 Å². The number of rotatable bonds is 3. The normalized spacial score (nSPS) is 22.5. The first kappa shape index (κ1) is 12.5. The van der Waals surface area contributed by atoms with Gasteiger partial charge in [-0.3, -0.25) is 0 Å². The molecule has 5 heteroatoms. The number of hydrogen-bond donors (Lipinski definition) is 1. The van der Waals surface area contributed by atoms with Crippen LogP contribution in [0.15, 0.2) is 30.3 Å². The van der Waals surface area contributed by atoms with E-state index in [-0.39, 0.29) is 6.04 Å². The highest BCUT2D eigenvalue weighted by Gasteiger charge is 2.25. The molecule has 17 heavy (non-hydrogen) atoms. The van der Waals surface area contributed by atoms with Crippen molar-refractivity contribution in [2.75, 3.05) is 25.9 Å². The van der Waals surface area contributed by atoms with Crippen LogP contribution in [0.2, 0.25) is 0 Å². The van der Waals surface area contributed by atoms with Gasteiger partial charge in [-0.15, -0.1) is 0 Å². The minimum atomic E-state index is -3.06. The number of sulfonamides is 1. The van der Waals surface area contributed by atoms with Crippen LogP contribution in [-0.4, -0.2) is 44.7 Å². The van der Waals surface area contributed by atoms with Gasteiger partial charge in [0, 0.05) is 25.7 Å². The van der Waals surface area contributed by atoms with E-state index in [4.69, 9.17) is 0 Å². The van der Waals surface area contributed by atoms with Crippen LogP contribution in [-0.2, 0) is 16.4 Å². The molecule has 2 rings (SSSR count). The third kappa shape index (κ3) is 3.52. The lowest BCUT2D eigenvalue weighted by molar-refractivity contribution is 0.298. The van der Waals surface area contributed by atoms with Crippen molar-refractivity contribution < 1.29 is 8.42 Å². The number of nitrogens with zero attached hydrogens (tertiary/aromatic N) is 1. The zero-order chi connectivity index (χ0) is 12.3. The first-order valence-electron chi connectivity index (χ1n) is 5.78. The summed E-state index contributed by atoms with van der Waals surface area (Å²) in [6.07, 6.45) is 2.14. The van der Waals surface area contributed by atoms with E-state index in [1.807, 2.05) is 18.2 Å². The number of nitrogens with one attached hydrogen (secondary N) is 1. The summed E-state index contributed by atoms with van der Waals surface area (Å²) in [5.41, 5.74) is 1.24. The molecule has 0 aromatic heterocycles. The number of benzene rings is 1. The molecule has 1 aliphatic rings. The molecule has 0 unspecified atom stereocenters. The average molecular weight is 254 g/mol. The lowest BCUT2D eigenvalue weighted by Crippen LogP contribution is -2.53. The zero-order valence-corrected chi connectivity index (χ0v) is 10.8. The summed E-state index contributed by atoms with van der Waals surface area (Å²) in [5, 5.41) is 3.36. The van der Waals surface area contributed by atoms with Crippen LogP contribution in [0.4, 0.5) is 0 Å². The maximum atomic E-state index is 11.5. The first-order valence-corrected chi connectivity index (χ1v) is 7.63. The fraction of sp³-hybridized carbons (Fsp3) is 0.500. The summed E-state index contributed by atoms with van der Waals surface area (Å²) < 4.78 is 24.5. The summed E-state index contributed by atoms with van der Waals surface area (Å²) in [6.45, 7) is 1.86. The van der Waals surface area contributed by atoms with E-state index in [1.54, 1.807) is 4.31 Å². The van der Waals surface area contributed by atoms with Gasteiger partial charge in [-0.2, -0.15) is 4.31 Å². The summed E-state index contributed by atoms with van der Waals surface area (Å²) in [5.74, 6) is 0. The molecular formula is C12H18N2O2S. The van der Waals surface area contributed by atoms with Crippen molar-refractivity contribution in [2.45, 2.75) is 12.5 Å². The SMILES string of the molecule is CS(=O)(=O)N1CCN[C@H](Cc2ccccc2)C1. The highest BCUT2D eigenvalue weighted by molar-refractivity contribution is 7.88. The fourth-order valence-electron chi connectivity index (χ4n) is 2.13. The fourth-order valence-corrected chi connectivity index (χ4v) is 3.01. The van der Waals surface area contributed by atoms with Crippen molar-refractivity contribution in [3.8, 4) is 0 Å². The minimum Gasteiger partial charge on any atom is -0.311 e. The van der Waals surface area contributed by atoms with E-state index in [2.05, 4.69) is 17.4 Å². The van der Waals surface area contributed by atoms with Crippen molar-refractivity contribution >= 4 is 10.0 Å². The molecule has 1 aromatic rings. The number of piperazine rings is 1. The Morgan fingerprint density at radius 1 is 1.35 bits per heavy atom. The summed E-state index contributed by atoms with van der Waals surface area (Å²) >= 11 is 0. The lowest BCUT2D eigenvalue weighted by atomic mass is 10.1. The second kappa shape index (κ2) is 5.16. The Kier molecular flexibility index (Phi) is 3.81. The molecule has 1 aromatic carbocycles. The molecule has 1 atom stereocenters. The van der Waals surface area contributed by atoms with Crippen LogP contribution >= 0.6 is 0 Å². The molecule has 0 aliphatic carbocycles. The maximum Gasteiger partial charge on any atom is 0.211 e.